The molecule has 2 rings (SSSR count). The first-order chi connectivity index (χ1) is 8.47. The van der Waals surface area contributed by atoms with Crippen molar-refractivity contribution in [2.24, 2.45) is 0 Å². The van der Waals surface area contributed by atoms with Crippen molar-refractivity contribution in [2.75, 3.05) is 11.9 Å². The molecule has 0 radical (unpaired) electrons. The highest BCUT2D eigenvalue weighted by Crippen LogP contribution is 2.19. The highest BCUT2D eigenvalue weighted by atomic mass is 16.5. The molecule has 6 heteroatoms. The number of nitrogens with zero attached hydrogens (tertiary/aromatic N) is 5. The van der Waals surface area contributed by atoms with Crippen molar-refractivity contribution in [2.45, 2.75) is 34.2 Å². The summed E-state index contributed by atoms with van der Waals surface area (Å²) in [5, 5.41) is 3.88. The Kier molecular flexibility index (Phi) is 3.27. The van der Waals surface area contributed by atoms with E-state index in [1.807, 2.05) is 32.7 Å². The van der Waals surface area contributed by atoms with Gasteiger partial charge in [0.05, 0.1) is 6.54 Å². The van der Waals surface area contributed by atoms with Gasteiger partial charge in [-0.1, -0.05) is 5.16 Å². The number of aromatic nitrogens is 4. The summed E-state index contributed by atoms with van der Waals surface area (Å²) in [6.45, 7) is 8.24. The van der Waals surface area contributed by atoms with Crippen LogP contribution in [-0.2, 0) is 6.54 Å². The van der Waals surface area contributed by atoms with Crippen LogP contribution in [0.4, 0.5) is 5.82 Å². The zero-order valence-electron chi connectivity index (χ0n) is 11.4. The maximum absolute atomic E-state index is 4.96. The summed E-state index contributed by atoms with van der Waals surface area (Å²) in [6, 6.07) is 0. The first kappa shape index (κ1) is 12.5. The summed E-state index contributed by atoms with van der Waals surface area (Å²) in [7, 11) is 1.96. The molecule has 0 saturated carbocycles. The highest BCUT2D eigenvalue weighted by Gasteiger charge is 2.13. The normalized spacial score (nSPS) is 10.7. The predicted molar refractivity (Wildman–Crippen MR) is 67.4 cm³/mol. The Labute approximate surface area is 106 Å². The fourth-order valence-corrected chi connectivity index (χ4v) is 1.81. The van der Waals surface area contributed by atoms with E-state index in [1.165, 1.54) is 0 Å². The van der Waals surface area contributed by atoms with Gasteiger partial charge in [0.2, 0.25) is 5.89 Å². The Balaban J connectivity index is 2.26. The molecule has 0 fully saturated rings. The molecule has 0 bridgehead atoms. The van der Waals surface area contributed by atoms with Gasteiger partial charge in [-0.2, -0.15) is 4.98 Å². The molecule has 0 unspecified atom stereocenters. The maximum atomic E-state index is 4.96. The molecule has 2 heterocycles. The number of hydrogen-bond acceptors (Lipinski definition) is 6. The maximum Gasteiger partial charge on any atom is 0.223 e. The van der Waals surface area contributed by atoms with Crippen molar-refractivity contribution >= 4 is 5.82 Å². The van der Waals surface area contributed by atoms with Gasteiger partial charge in [-0.25, -0.2) is 9.97 Å². The predicted octanol–water partition coefficient (Wildman–Crippen LogP) is 1.73. The monoisotopic (exact) mass is 247 g/mol. The standard InChI is InChI=1S/C12H17N5O/c1-7-8(2)13-9(3)14-12(7)17(5)6-11-15-10(4)18-16-11/h6H2,1-5H3. The van der Waals surface area contributed by atoms with Crippen LogP contribution in [0.5, 0.6) is 0 Å². The molecule has 0 amide bonds. The van der Waals surface area contributed by atoms with Crippen LogP contribution in [-0.4, -0.2) is 27.2 Å². The van der Waals surface area contributed by atoms with Gasteiger partial charge in [0.15, 0.2) is 5.82 Å². The van der Waals surface area contributed by atoms with E-state index < -0.39 is 0 Å². The second-order valence-electron chi connectivity index (χ2n) is 4.39. The van der Waals surface area contributed by atoms with Crippen LogP contribution in [0.2, 0.25) is 0 Å². The minimum absolute atomic E-state index is 0.564. The van der Waals surface area contributed by atoms with Gasteiger partial charge in [0, 0.05) is 25.2 Å². The zero-order valence-corrected chi connectivity index (χ0v) is 11.4. The van der Waals surface area contributed by atoms with Crippen molar-refractivity contribution in [3.63, 3.8) is 0 Å². The van der Waals surface area contributed by atoms with E-state index >= 15 is 0 Å². The third kappa shape index (κ3) is 2.47. The fourth-order valence-electron chi connectivity index (χ4n) is 1.81. The summed E-state index contributed by atoms with van der Waals surface area (Å²) in [5.41, 5.74) is 2.07. The summed E-state index contributed by atoms with van der Waals surface area (Å²) < 4.78 is 4.96. The molecule has 0 aliphatic heterocycles. The van der Waals surface area contributed by atoms with Gasteiger partial charge in [-0.3, -0.25) is 0 Å². The quantitative estimate of drug-likeness (QED) is 0.822. The van der Waals surface area contributed by atoms with Crippen LogP contribution in [0, 0.1) is 27.7 Å². The first-order valence-corrected chi connectivity index (χ1v) is 5.79. The molecule has 96 valence electrons. The molecule has 6 nitrogen and oxygen atoms in total. The van der Waals surface area contributed by atoms with Gasteiger partial charge >= 0.3 is 0 Å². The lowest BCUT2D eigenvalue weighted by molar-refractivity contribution is 0.387. The van der Waals surface area contributed by atoms with Crippen LogP contribution >= 0.6 is 0 Å². The Hall–Kier alpha value is -1.98. The smallest absolute Gasteiger partial charge is 0.223 e. The molecular weight excluding hydrogens is 230 g/mol. The van der Waals surface area contributed by atoms with Crippen LogP contribution in [0.3, 0.4) is 0 Å². The summed E-state index contributed by atoms with van der Waals surface area (Å²) in [4.78, 5) is 15.0. The van der Waals surface area contributed by atoms with Crippen LogP contribution in [0.1, 0.15) is 28.8 Å². The molecule has 0 atom stereocenters. The second-order valence-corrected chi connectivity index (χ2v) is 4.39. The molecule has 0 aromatic carbocycles. The van der Waals surface area contributed by atoms with Crippen molar-refractivity contribution in [1.82, 2.24) is 20.1 Å². The van der Waals surface area contributed by atoms with Gasteiger partial charge in [-0.15, -0.1) is 0 Å². The number of hydrogen-bond donors (Lipinski definition) is 0. The first-order valence-electron chi connectivity index (χ1n) is 5.79. The van der Waals surface area contributed by atoms with E-state index in [4.69, 9.17) is 4.52 Å². The average Bonchev–Trinajstić information content (AvgIpc) is 2.69. The summed E-state index contributed by atoms with van der Waals surface area (Å²) in [5.74, 6) is 2.90. The van der Waals surface area contributed by atoms with Crippen molar-refractivity contribution in [3.05, 3.63) is 28.8 Å². The second kappa shape index (κ2) is 4.72. The topological polar surface area (TPSA) is 67.9 Å². The van der Waals surface area contributed by atoms with Gasteiger partial charge in [0.25, 0.3) is 0 Å². The fraction of sp³-hybridized carbons (Fsp3) is 0.500. The molecule has 2 aromatic heterocycles. The van der Waals surface area contributed by atoms with Crippen LogP contribution < -0.4 is 4.90 Å². The molecule has 2 aromatic rings. The number of rotatable bonds is 3. The van der Waals surface area contributed by atoms with Gasteiger partial charge < -0.3 is 9.42 Å². The van der Waals surface area contributed by atoms with E-state index in [-0.39, 0.29) is 0 Å². The Bertz CT molecular complexity index is 564. The average molecular weight is 247 g/mol. The minimum Gasteiger partial charge on any atom is -0.352 e. The largest absolute Gasteiger partial charge is 0.352 e. The number of anilines is 1. The van der Waals surface area contributed by atoms with Gasteiger partial charge in [-0.05, 0) is 20.8 Å². The molecule has 0 spiro atoms. The minimum atomic E-state index is 0.564. The van der Waals surface area contributed by atoms with Crippen LogP contribution in [0.15, 0.2) is 4.52 Å². The Morgan fingerprint density at radius 2 is 1.78 bits per heavy atom. The lowest BCUT2D eigenvalue weighted by Gasteiger charge is -2.19. The zero-order chi connectivity index (χ0) is 13.3. The molecule has 0 saturated heterocycles. The van der Waals surface area contributed by atoms with E-state index in [1.54, 1.807) is 6.92 Å². The lowest BCUT2D eigenvalue weighted by Crippen LogP contribution is -2.21. The third-order valence-electron chi connectivity index (χ3n) is 2.79. The van der Waals surface area contributed by atoms with Crippen molar-refractivity contribution in [1.29, 1.82) is 0 Å². The van der Waals surface area contributed by atoms with E-state index in [9.17, 15) is 0 Å². The molecular formula is C12H17N5O. The molecule has 0 aliphatic rings. The lowest BCUT2D eigenvalue weighted by atomic mass is 10.2. The molecule has 18 heavy (non-hydrogen) atoms. The van der Waals surface area contributed by atoms with E-state index in [2.05, 4.69) is 20.1 Å². The third-order valence-corrected chi connectivity index (χ3v) is 2.79. The SMILES string of the molecule is Cc1nc(C)c(C)c(N(C)Cc2noc(C)n2)n1. The Morgan fingerprint density at radius 1 is 1.06 bits per heavy atom. The van der Waals surface area contributed by atoms with Crippen molar-refractivity contribution < 1.29 is 4.52 Å². The highest BCUT2D eigenvalue weighted by molar-refractivity contribution is 5.47. The number of aryl methyl sites for hydroxylation is 3. The molecule has 0 N–H and O–H groups in total. The van der Waals surface area contributed by atoms with Crippen LogP contribution in [0.25, 0.3) is 0 Å². The van der Waals surface area contributed by atoms with Crippen molar-refractivity contribution in [3.8, 4) is 0 Å². The van der Waals surface area contributed by atoms with Gasteiger partial charge in [0.1, 0.15) is 11.6 Å². The summed E-state index contributed by atoms with van der Waals surface area (Å²) >= 11 is 0. The van der Waals surface area contributed by atoms with E-state index in [0.717, 1.165) is 22.9 Å². The Morgan fingerprint density at radius 3 is 2.39 bits per heavy atom. The van der Waals surface area contributed by atoms with E-state index in [0.29, 0.717) is 18.3 Å². The summed E-state index contributed by atoms with van der Waals surface area (Å²) in [6.07, 6.45) is 0. The molecule has 0 aliphatic carbocycles.